The zero-order chi connectivity index (χ0) is 13.9. The number of amides is 1. The van der Waals surface area contributed by atoms with Crippen LogP contribution in [0.3, 0.4) is 0 Å². The van der Waals surface area contributed by atoms with Crippen molar-refractivity contribution in [1.29, 1.82) is 5.26 Å². The zero-order valence-electron chi connectivity index (χ0n) is 11.5. The summed E-state index contributed by atoms with van der Waals surface area (Å²) in [5.41, 5.74) is -0.857. The van der Waals surface area contributed by atoms with Crippen LogP contribution < -0.4 is 5.32 Å². The van der Waals surface area contributed by atoms with Crippen molar-refractivity contribution in [2.24, 2.45) is 5.41 Å². The van der Waals surface area contributed by atoms with E-state index in [0.29, 0.717) is 19.4 Å². The van der Waals surface area contributed by atoms with Crippen LogP contribution in [0.1, 0.15) is 44.4 Å². The maximum absolute atomic E-state index is 12.3. The van der Waals surface area contributed by atoms with Crippen molar-refractivity contribution < 1.29 is 4.79 Å². The first-order valence-corrected chi connectivity index (χ1v) is 7.62. The Balaban J connectivity index is 1.99. The number of nitrogens with one attached hydrogen (secondary N) is 1. The fourth-order valence-corrected chi connectivity index (χ4v) is 3.44. The topological polar surface area (TPSA) is 52.9 Å². The van der Waals surface area contributed by atoms with Crippen molar-refractivity contribution in [3.8, 4) is 6.07 Å². The lowest BCUT2D eigenvalue weighted by Crippen LogP contribution is -2.43. The van der Waals surface area contributed by atoms with Crippen molar-refractivity contribution in [3.63, 3.8) is 0 Å². The van der Waals surface area contributed by atoms with Crippen molar-refractivity contribution in [1.82, 2.24) is 5.32 Å². The number of rotatable bonds is 4. The number of carbonyl (C=O) groups is 1. The van der Waals surface area contributed by atoms with Gasteiger partial charge >= 0.3 is 0 Å². The van der Waals surface area contributed by atoms with Gasteiger partial charge in [-0.2, -0.15) is 5.26 Å². The van der Waals surface area contributed by atoms with E-state index in [2.05, 4.69) is 31.3 Å². The minimum absolute atomic E-state index is 0.0842. The monoisotopic (exact) mass is 276 g/mol. The van der Waals surface area contributed by atoms with Crippen LogP contribution in [0.4, 0.5) is 0 Å². The Labute approximate surface area is 118 Å². The van der Waals surface area contributed by atoms with Crippen molar-refractivity contribution >= 4 is 17.2 Å². The third kappa shape index (κ3) is 2.82. The molecule has 1 fully saturated rings. The molecule has 2 rings (SSSR count). The third-order valence-electron chi connectivity index (χ3n) is 3.98. The molecule has 1 heterocycles. The van der Waals surface area contributed by atoms with Crippen molar-refractivity contribution in [2.75, 3.05) is 6.54 Å². The van der Waals surface area contributed by atoms with Gasteiger partial charge in [0, 0.05) is 16.8 Å². The molecule has 1 N–H and O–H groups in total. The summed E-state index contributed by atoms with van der Waals surface area (Å²) in [4.78, 5) is 13.5. The molecule has 0 bridgehead atoms. The van der Waals surface area contributed by atoms with Gasteiger partial charge in [-0.25, -0.2) is 0 Å². The molecule has 1 saturated carbocycles. The van der Waals surface area contributed by atoms with Gasteiger partial charge in [-0.05, 0) is 24.3 Å². The number of thiophene rings is 1. The second-order valence-corrected chi connectivity index (χ2v) is 6.89. The van der Waals surface area contributed by atoms with Gasteiger partial charge < -0.3 is 5.32 Å². The van der Waals surface area contributed by atoms with E-state index in [-0.39, 0.29) is 11.3 Å². The Morgan fingerprint density at radius 2 is 2.21 bits per heavy atom. The number of nitrogens with zero attached hydrogens (tertiary/aromatic N) is 1. The summed E-state index contributed by atoms with van der Waals surface area (Å²) in [5, 5.41) is 14.3. The zero-order valence-corrected chi connectivity index (χ0v) is 12.3. The average molecular weight is 276 g/mol. The van der Waals surface area contributed by atoms with Gasteiger partial charge in [0.25, 0.3) is 0 Å². The summed E-state index contributed by atoms with van der Waals surface area (Å²) < 4.78 is 0. The predicted octanol–water partition coefficient (Wildman–Crippen LogP) is 3.23. The lowest BCUT2D eigenvalue weighted by Gasteiger charge is -2.26. The van der Waals surface area contributed by atoms with E-state index < -0.39 is 5.41 Å². The summed E-state index contributed by atoms with van der Waals surface area (Å²) in [7, 11) is 0. The molecule has 0 aliphatic heterocycles. The standard InChI is InChI=1S/C15H20N2OS/c1-14(2,12-6-5-9-19-12)11-17-13(18)15(10-16)7-3-4-8-15/h5-6,9H,3-4,7-8,11H2,1-2H3,(H,17,18). The Hall–Kier alpha value is -1.34. The van der Waals surface area contributed by atoms with Gasteiger partial charge in [0.1, 0.15) is 5.41 Å². The Morgan fingerprint density at radius 1 is 1.53 bits per heavy atom. The Bertz CT molecular complexity index is 479. The predicted molar refractivity (Wildman–Crippen MR) is 76.9 cm³/mol. The maximum Gasteiger partial charge on any atom is 0.240 e. The van der Waals surface area contributed by atoms with E-state index in [0.717, 1.165) is 12.8 Å². The largest absolute Gasteiger partial charge is 0.354 e. The Kier molecular flexibility index (Phi) is 3.96. The number of hydrogen-bond donors (Lipinski definition) is 1. The molecule has 0 atom stereocenters. The molecule has 1 aromatic rings. The molecule has 1 amide bonds. The van der Waals surface area contributed by atoms with Gasteiger partial charge in [0.15, 0.2) is 0 Å². The van der Waals surface area contributed by atoms with Gasteiger partial charge in [-0.1, -0.05) is 32.8 Å². The lowest BCUT2D eigenvalue weighted by atomic mass is 9.85. The molecule has 1 aliphatic rings. The molecule has 3 nitrogen and oxygen atoms in total. The second kappa shape index (κ2) is 5.34. The first-order chi connectivity index (χ1) is 9.00. The van der Waals surface area contributed by atoms with Gasteiger partial charge in [-0.3, -0.25) is 4.79 Å². The van der Waals surface area contributed by atoms with Gasteiger partial charge in [0.2, 0.25) is 5.91 Å². The molecule has 0 spiro atoms. The molecular weight excluding hydrogens is 256 g/mol. The summed E-state index contributed by atoms with van der Waals surface area (Å²) >= 11 is 1.70. The van der Waals surface area contributed by atoms with Gasteiger partial charge in [-0.15, -0.1) is 11.3 Å². The molecule has 19 heavy (non-hydrogen) atoms. The quantitative estimate of drug-likeness (QED) is 0.918. The first-order valence-electron chi connectivity index (χ1n) is 6.74. The molecule has 0 aromatic carbocycles. The fourth-order valence-electron chi connectivity index (χ4n) is 2.59. The molecule has 0 unspecified atom stereocenters. The maximum atomic E-state index is 12.3. The lowest BCUT2D eigenvalue weighted by molar-refractivity contribution is -0.128. The highest BCUT2D eigenvalue weighted by atomic mass is 32.1. The molecular formula is C15H20N2OS. The fraction of sp³-hybridized carbons (Fsp3) is 0.600. The molecule has 102 valence electrons. The van der Waals surface area contributed by atoms with Crippen LogP contribution in [-0.4, -0.2) is 12.5 Å². The van der Waals surface area contributed by atoms with Crippen LogP contribution in [0.2, 0.25) is 0 Å². The number of carbonyl (C=O) groups excluding carboxylic acids is 1. The Morgan fingerprint density at radius 3 is 2.74 bits per heavy atom. The molecule has 0 saturated heterocycles. The summed E-state index contributed by atoms with van der Waals surface area (Å²) in [6, 6.07) is 6.35. The van der Waals surface area contributed by atoms with Crippen LogP contribution in [0.15, 0.2) is 17.5 Å². The molecule has 1 aliphatic carbocycles. The third-order valence-corrected chi connectivity index (χ3v) is 5.22. The highest BCUT2D eigenvalue weighted by Gasteiger charge is 2.41. The van der Waals surface area contributed by atoms with Crippen LogP contribution >= 0.6 is 11.3 Å². The minimum Gasteiger partial charge on any atom is -0.354 e. The van der Waals surface area contributed by atoms with E-state index >= 15 is 0 Å². The van der Waals surface area contributed by atoms with Crippen LogP contribution in [0, 0.1) is 16.7 Å². The summed E-state index contributed by atoms with van der Waals surface area (Å²) in [6.07, 6.45) is 3.37. The summed E-state index contributed by atoms with van der Waals surface area (Å²) in [5.74, 6) is -0.0860. The van der Waals surface area contributed by atoms with E-state index in [4.69, 9.17) is 0 Å². The highest BCUT2D eigenvalue weighted by Crippen LogP contribution is 2.38. The van der Waals surface area contributed by atoms with Crippen LogP contribution in [-0.2, 0) is 10.2 Å². The highest BCUT2D eigenvalue weighted by molar-refractivity contribution is 7.10. The second-order valence-electron chi connectivity index (χ2n) is 5.94. The van der Waals surface area contributed by atoms with Crippen LogP contribution in [0.5, 0.6) is 0 Å². The first kappa shape index (κ1) is 14.1. The van der Waals surface area contributed by atoms with E-state index in [1.807, 2.05) is 11.4 Å². The summed E-state index contributed by atoms with van der Waals surface area (Å²) in [6.45, 7) is 4.81. The van der Waals surface area contributed by atoms with E-state index in [1.165, 1.54) is 4.88 Å². The van der Waals surface area contributed by atoms with Crippen molar-refractivity contribution in [2.45, 2.75) is 44.9 Å². The molecule has 0 radical (unpaired) electrons. The molecule has 4 heteroatoms. The number of hydrogen-bond acceptors (Lipinski definition) is 3. The minimum atomic E-state index is -0.772. The average Bonchev–Trinajstić information content (AvgIpc) is 3.07. The number of nitriles is 1. The SMILES string of the molecule is CC(C)(CNC(=O)C1(C#N)CCCC1)c1cccs1. The van der Waals surface area contributed by atoms with Crippen LogP contribution in [0.25, 0.3) is 0 Å². The van der Waals surface area contributed by atoms with E-state index in [9.17, 15) is 10.1 Å². The van der Waals surface area contributed by atoms with E-state index in [1.54, 1.807) is 11.3 Å². The molecule has 1 aromatic heterocycles. The van der Waals surface area contributed by atoms with Gasteiger partial charge in [0.05, 0.1) is 6.07 Å². The smallest absolute Gasteiger partial charge is 0.240 e. The van der Waals surface area contributed by atoms with Crippen molar-refractivity contribution in [3.05, 3.63) is 22.4 Å². The normalized spacial score (nSPS) is 17.9.